The van der Waals surface area contributed by atoms with Crippen LogP contribution >= 0.6 is 0 Å². The molecule has 1 aromatic carbocycles. The van der Waals surface area contributed by atoms with Crippen molar-refractivity contribution in [1.82, 2.24) is 20.1 Å². The zero-order chi connectivity index (χ0) is 18.0. The first-order valence-electron chi connectivity index (χ1n) is 8.71. The number of hydrogen-bond acceptors (Lipinski definition) is 4. The lowest BCUT2D eigenvalue weighted by Gasteiger charge is -2.24. The number of H-pyrrole nitrogens is 1. The summed E-state index contributed by atoms with van der Waals surface area (Å²) in [7, 11) is 2.05. The molecule has 1 aliphatic rings. The first-order valence-corrected chi connectivity index (χ1v) is 8.71. The Kier molecular flexibility index (Phi) is 4.92. The summed E-state index contributed by atoms with van der Waals surface area (Å²) in [5.74, 6) is 1.81. The highest BCUT2D eigenvalue weighted by molar-refractivity contribution is 5.90. The molecular weight excluding hydrogens is 316 g/mol. The topological polar surface area (TPSA) is 77.2 Å². The molecular formula is C18H26N6O. The zero-order valence-electron chi connectivity index (χ0n) is 15.3. The Hall–Kier alpha value is -2.57. The van der Waals surface area contributed by atoms with Crippen LogP contribution < -0.4 is 10.2 Å². The lowest BCUT2D eigenvalue weighted by atomic mass is 10.1. The third kappa shape index (κ3) is 3.92. The van der Waals surface area contributed by atoms with Crippen LogP contribution in [0.2, 0.25) is 0 Å². The van der Waals surface area contributed by atoms with Crippen LogP contribution in [0.5, 0.6) is 0 Å². The van der Waals surface area contributed by atoms with E-state index < -0.39 is 0 Å². The molecule has 134 valence electrons. The number of rotatable bonds is 4. The summed E-state index contributed by atoms with van der Waals surface area (Å²) in [6.07, 6.45) is 0.890. The van der Waals surface area contributed by atoms with E-state index in [2.05, 4.69) is 46.3 Å². The number of carbonyl (C=O) groups is 1. The third-order valence-corrected chi connectivity index (χ3v) is 4.73. The molecule has 2 aromatic rings. The van der Waals surface area contributed by atoms with Gasteiger partial charge in [0.15, 0.2) is 5.82 Å². The largest absolute Gasteiger partial charge is 0.372 e. The van der Waals surface area contributed by atoms with Crippen molar-refractivity contribution < 1.29 is 4.79 Å². The van der Waals surface area contributed by atoms with Crippen molar-refractivity contribution in [2.45, 2.75) is 39.2 Å². The van der Waals surface area contributed by atoms with Crippen molar-refractivity contribution in [3.05, 3.63) is 35.9 Å². The Morgan fingerprint density at radius 3 is 2.92 bits per heavy atom. The quantitative estimate of drug-likeness (QED) is 0.895. The van der Waals surface area contributed by atoms with Gasteiger partial charge in [-0.3, -0.25) is 5.10 Å². The van der Waals surface area contributed by atoms with E-state index in [4.69, 9.17) is 0 Å². The number of hydrogen-bond donors (Lipinski definition) is 2. The number of aromatic nitrogens is 3. The normalized spacial score (nSPS) is 17.2. The monoisotopic (exact) mass is 342 g/mol. The number of amides is 2. The van der Waals surface area contributed by atoms with Crippen LogP contribution in [0.25, 0.3) is 0 Å². The summed E-state index contributed by atoms with van der Waals surface area (Å²) in [4.78, 5) is 21.0. The van der Waals surface area contributed by atoms with Crippen LogP contribution in [0, 0.1) is 6.92 Å². The van der Waals surface area contributed by atoms with Crippen LogP contribution in [-0.4, -0.2) is 52.3 Å². The molecule has 1 fully saturated rings. The predicted molar refractivity (Wildman–Crippen MR) is 99.1 cm³/mol. The number of nitrogens with zero attached hydrogens (tertiary/aromatic N) is 4. The van der Waals surface area contributed by atoms with Crippen molar-refractivity contribution in [3.63, 3.8) is 0 Å². The van der Waals surface area contributed by atoms with Gasteiger partial charge in [0, 0.05) is 43.5 Å². The fourth-order valence-electron chi connectivity index (χ4n) is 3.00. The maximum Gasteiger partial charge on any atom is 0.321 e. The second-order valence-corrected chi connectivity index (χ2v) is 6.90. The zero-order valence-corrected chi connectivity index (χ0v) is 15.3. The number of likely N-dealkylation sites (tertiary alicyclic amines) is 1. The van der Waals surface area contributed by atoms with Crippen molar-refractivity contribution >= 4 is 17.4 Å². The van der Waals surface area contributed by atoms with Crippen molar-refractivity contribution in [2.24, 2.45) is 0 Å². The summed E-state index contributed by atoms with van der Waals surface area (Å²) < 4.78 is 0. The van der Waals surface area contributed by atoms with Gasteiger partial charge >= 0.3 is 6.03 Å². The van der Waals surface area contributed by atoms with E-state index in [1.807, 2.05) is 36.1 Å². The highest BCUT2D eigenvalue weighted by Crippen LogP contribution is 2.26. The molecule has 1 saturated heterocycles. The SMILES string of the molecule is Cc1nc(C2CCN(C(=O)Nc3cccc(N(C)C(C)C)c3)C2)n[nH]1. The van der Waals surface area contributed by atoms with Crippen molar-refractivity contribution in [2.75, 3.05) is 30.4 Å². The maximum atomic E-state index is 12.6. The Balaban J connectivity index is 1.62. The minimum atomic E-state index is -0.0703. The highest BCUT2D eigenvalue weighted by Gasteiger charge is 2.29. The molecule has 1 aliphatic heterocycles. The molecule has 1 atom stereocenters. The van der Waals surface area contributed by atoms with Gasteiger partial charge in [-0.05, 0) is 45.4 Å². The molecule has 0 bridgehead atoms. The minimum Gasteiger partial charge on any atom is -0.372 e. The molecule has 0 aliphatic carbocycles. The van der Waals surface area contributed by atoms with E-state index in [0.29, 0.717) is 12.6 Å². The van der Waals surface area contributed by atoms with Gasteiger partial charge in [0.2, 0.25) is 0 Å². The van der Waals surface area contributed by atoms with Crippen molar-refractivity contribution in [3.8, 4) is 0 Å². The lowest BCUT2D eigenvalue weighted by molar-refractivity contribution is 0.222. The van der Waals surface area contributed by atoms with E-state index >= 15 is 0 Å². The summed E-state index contributed by atoms with van der Waals surface area (Å²) in [5.41, 5.74) is 1.90. The van der Waals surface area contributed by atoms with Gasteiger partial charge in [0.25, 0.3) is 0 Å². The Bertz CT molecular complexity index is 741. The number of benzene rings is 1. The molecule has 1 aromatic heterocycles. The number of aromatic amines is 1. The second-order valence-electron chi connectivity index (χ2n) is 6.90. The molecule has 2 N–H and O–H groups in total. The number of aryl methyl sites for hydroxylation is 1. The molecule has 3 rings (SSSR count). The molecule has 7 heteroatoms. The Morgan fingerprint density at radius 2 is 2.24 bits per heavy atom. The van der Waals surface area contributed by atoms with E-state index in [1.165, 1.54) is 0 Å². The fraction of sp³-hybridized carbons (Fsp3) is 0.500. The first-order chi connectivity index (χ1) is 11.9. The number of urea groups is 1. The van der Waals surface area contributed by atoms with Crippen LogP contribution in [0.1, 0.15) is 37.8 Å². The van der Waals surface area contributed by atoms with E-state index in [0.717, 1.165) is 36.0 Å². The Labute approximate surface area is 148 Å². The smallest absolute Gasteiger partial charge is 0.321 e. The summed E-state index contributed by atoms with van der Waals surface area (Å²) in [5, 5.41) is 10.1. The van der Waals surface area contributed by atoms with Gasteiger partial charge in [-0.1, -0.05) is 6.07 Å². The summed E-state index contributed by atoms with van der Waals surface area (Å²) in [6, 6.07) is 8.26. The van der Waals surface area contributed by atoms with Gasteiger partial charge in [0.1, 0.15) is 5.82 Å². The van der Waals surface area contributed by atoms with Crippen LogP contribution in [0.15, 0.2) is 24.3 Å². The standard InChI is InChI=1S/C18H26N6O/c1-12(2)23(4)16-7-5-6-15(10-16)20-18(25)24-9-8-14(11-24)17-19-13(3)21-22-17/h5-7,10,12,14H,8-9,11H2,1-4H3,(H,20,25)(H,19,21,22). The van der Waals surface area contributed by atoms with Gasteiger partial charge in [-0.15, -0.1) is 0 Å². The van der Waals surface area contributed by atoms with Crippen molar-refractivity contribution in [1.29, 1.82) is 0 Å². The summed E-state index contributed by atoms with van der Waals surface area (Å²) >= 11 is 0. The molecule has 0 spiro atoms. The molecule has 2 amide bonds. The van der Waals surface area contributed by atoms with Crippen LogP contribution in [-0.2, 0) is 0 Å². The molecule has 0 radical (unpaired) electrons. The molecule has 0 saturated carbocycles. The predicted octanol–water partition coefficient (Wildman–Crippen LogP) is 2.98. The van der Waals surface area contributed by atoms with E-state index in [9.17, 15) is 4.79 Å². The third-order valence-electron chi connectivity index (χ3n) is 4.73. The van der Waals surface area contributed by atoms with Gasteiger partial charge in [-0.25, -0.2) is 9.78 Å². The van der Waals surface area contributed by atoms with Gasteiger partial charge in [0.05, 0.1) is 0 Å². The molecule has 2 heterocycles. The average Bonchev–Trinajstić information content (AvgIpc) is 3.23. The van der Waals surface area contributed by atoms with Gasteiger partial charge in [-0.2, -0.15) is 5.10 Å². The number of anilines is 2. The maximum absolute atomic E-state index is 12.6. The van der Waals surface area contributed by atoms with Gasteiger partial charge < -0.3 is 15.1 Å². The molecule has 25 heavy (non-hydrogen) atoms. The molecule has 7 nitrogen and oxygen atoms in total. The summed E-state index contributed by atoms with van der Waals surface area (Å²) in [6.45, 7) is 7.53. The minimum absolute atomic E-state index is 0.0703. The second kappa shape index (κ2) is 7.13. The van der Waals surface area contributed by atoms with E-state index in [-0.39, 0.29) is 11.9 Å². The highest BCUT2D eigenvalue weighted by atomic mass is 16.2. The lowest BCUT2D eigenvalue weighted by Crippen LogP contribution is -2.33. The Morgan fingerprint density at radius 1 is 1.44 bits per heavy atom. The van der Waals surface area contributed by atoms with Crippen LogP contribution in [0.3, 0.4) is 0 Å². The fourth-order valence-corrected chi connectivity index (χ4v) is 3.00. The van der Waals surface area contributed by atoms with E-state index in [1.54, 1.807) is 0 Å². The number of carbonyl (C=O) groups excluding carboxylic acids is 1. The average molecular weight is 342 g/mol. The van der Waals surface area contributed by atoms with Crippen LogP contribution in [0.4, 0.5) is 16.2 Å². The number of nitrogens with one attached hydrogen (secondary N) is 2. The first kappa shape index (κ1) is 17.3. The molecule has 1 unspecified atom stereocenters.